The average Bonchev–Trinajstić information content (AvgIpc) is 2.48. The van der Waals surface area contributed by atoms with Gasteiger partial charge in [0.05, 0.1) is 0 Å². The Morgan fingerprint density at radius 2 is 1.75 bits per heavy atom. The van der Waals surface area contributed by atoms with Crippen molar-refractivity contribution in [3.63, 3.8) is 0 Å². The maximum Gasteiger partial charge on any atom is 0.159 e. The molecule has 2 N–H and O–H groups in total. The number of hydrogen-bond acceptors (Lipinski definition) is 2. The molecule has 0 spiro atoms. The lowest BCUT2D eigenvalue weighted by molar-refractivity contribution is 0.305. The van der Waals surface area contributed by atoms with E-state index in [1.165, 1.54) is 6.07 Å². The van der Waals surface area contributed by atoms with Gasteiger partial charge in [0.1, 0.15) is 12.4 Å². The van der Waals surface area contributed by atoms with Crippen LogP contribution in [0.25, 0.3) is 0 Å². The lowest BCUT2D eigenvalue weighted by Gasteiger charge is -2.11. The van der Waals surface area contributed by atoms with Gasteiger partial charge in [-0.25, -0.2) is 8.78 Å². The van der Waals surface area contributed by atoms with E-state index in [9.17, 15) is 8.78 Å². The van der Waals surface area contributed by atoms with Crippen molar-refractivity contribution in [3.8, 4) is 5.75 Å². The lowest BCUT2D eigenvalue weighted by Crippen LogP contribution is -2.08. The van der Waals surface area contributed by atoms with Crippen LogP contribution in [-0.4, -0.2) is 0 Å². The lowest BCUT2D eigenvalue weighted by atomic mass is 10.1. The van der Waals surface area contributed by atoms with Gasteiger partial charge in [-0.15, -0.1) is 0 Å². The summed E-state index contributed by atoms with van der Waals surface area (Å²) in [6.45, 7) is 2.22. The molecule has 2 rings (SSSR count). The van der Waals surface area contributed by atoms with Crippen LogP contribution in [0.15, 0.2) is 42.5 Å². The smallest absolute Gasteiger partial charge is 0.159 e. The number of halogens is 2. The van der Waals surface area contributed by atoms with Gasteiger partial charge in [0, 0.05) is 6.04 Å². The molecule has 0 aliphatic heterocycles. The number of hydrogen-bond donors (Lipinski definition) is 1. The van der Waals surface area contributed by atoms with E-state index in [2.05, 4.69) is 0 Å². The molecule has 1 atom stereocenters. The average molecular weight is 277 g/mol. The zero-order valence-electron chi connectivity index (χ0n) is 11.3. The maximum absolute atomic E-state index is 13.0. The largest absolute Gasteiger partial charge is 0.489 e. The molecule has 2 aromatic rings. The summed E-state index contributed by atoms with van der Waals surface area (Å²) in [4.78, 5) is 0. The van der Waals surface area contributed by atoms with Gasteiger partial charge in [-0.05, 0) is 41.8 Å². The van der Waals surface area contributed by atoms with E-state index >= 15 is 0 Å². The van der Waals surface area contributed by atoms with Crippen molar-refractivity contribution in [1.29, 1.82) is 0 Å². The summed E-state index contributed by atoms with van der Waals surface area (Å²) in [5.41, 5.74) is 7.55. The minimum absolute atomic E-state index is 0.0234. The first-order chi connectivity index (χ1) is 9.60. The monoisotopic (exact) mass is 277 g/mol. The Hall–Kier alpha value is -1.94. The zero-order chi connectivity index (χ0) is 14.5. The third kappa shape index (κ3) is 3.54. The molecule has 0 aromatic heterocycles. The predicted molar refractivity (Wildman–Crippen MR) is 74.4 cm³/mol. The van der Waals surface area contributed by atoms with Gasteiger partial charge in [0.25, 0.3) is 0 Å². The molecule has 0 aliphatic rings. The molecule has 0 saturated carbocycles. The van der Waals surface area contributed by atoms with Crippen molar-refractivity contribution >= 4 is 0 Å². The molecule has 0 bridgehead atoms. The predicted octanol–water partition coefficient (Wildman–Crippen LogP) is 3.95. The number of benzene rings is 2. The second-order valence-corrected chi connectivity index (χ2v) is 4.62. The van der Waals surface area contributed by atoms with E-state index in [0.29, 0.717) is 11.3 Å². The van der Waals surface area contributed by atoms with Crippen molar-refractivity contribution in [2.24, 2.45) is 5.73 Å². The molecule has 0 heterocycles. The van der Waals surface area contributed by atoms with Gasteiger partial charge >= 0.3 is 0 Å². The van der Waals surface area contributed by atoms with E-state index in [-0.39, 0.29) is 12.6 Å². The summed E-state index contributed by atoms with van der Waals surface area (Å²) in [7, 11) is 0. The van der Waals surface area contributed by atoms with Gasteiger partial charge in [-0.1, -0.05) is 25.1 Å². The Morgan fingerprint density at radius 3 is 2.35 bits per heavy atom. The molecule has 0 saturated heterocycles. The van der Waals surface area contributed by atoms with Gasteiger partial charge in [0.15, 0.2) is 11.6 Å². The Kier molecular flexibility index (Phi) is 4.69. The normalized spacial score (nSPS) is 12.2. The molecule has 106 valence electrons. The van der Waals surface area contributed by atoms with Crippen LogP contribution in [0.2, 0.25) is 0 Å². The highest BCUT2D eigenvalue weighted by atomic mass is 19.2. The molecule has 4 heteroatoms. The van der Waals surface area contributed by atoms with Crippen LogP contribution in [0.4, 0.5) is 8.78 Å². The first kappa shape index (κ1) is 14.5. The summed E-state index contributed by atoms with van der Waals surface area (Å²) in [6, 6.07) is 11.2. The molecular formula is C16H17F2NO. The molecule has 2 nitrogen and oxygen atoms in total. The SMILES string of the molecule is CC[C@@H](N)c1ccc(OCc2ccc(F)c(F)c2)cc1. The molecular weight excluding hydrogens is 260 g/mol. The van der Waals surface area contributed by atoms with Crippen LogP contribution >= 0.6 is 0 Å². The van der Waals surface area contributed by atoms with Crippen LogP contribution in [0.1, 0.15) is 30.5 Å². The molecule has 0 amide bonds. The summed E-state index contributed by atoms with van der Waals surface area (Å²) >= 11 is 0. The zero-order valence-corrected chi connectivity index (χ0v) is 11.3. The molecule has 20 heavy (non-hydrogen) atoms. The van der Waals surface area contributed by atoms with Crippen LogP contribution in [0, 0.1) is 11.6 Å². The van der Waals surface area contributed by atoms with Gasteiger partial charge in [-0.3, -0.25) is 0 Å². The summed E-state index contributed by atoms with van der Waals surface area (Å²) in [6.07, 6.45) is 0.870. The van der Waals surface area contributed by atoms with Crippen LogP contribution in [-0.2, 0) is 6.61 Å². The quantitative estimate of drug-likeness (QED) is 0.898. The summed E-state index contributed by atoms with van der Waals surface area (Å²) < 4.78 is 31.4. The second kappa shape index (κ2) is 6.48. The molecule has 0 unspecified atom stereocenters. The number of ether oxygens (including phenoxy) is 1. The fraction of sp³-hybridized carbons (Fsp3) is 0.250. The van der Waals surface area contributed by atoms with E-state index in [4.69, 9.17) is 10.5 Å². The first-order valence-corrected chi connectivity index (χ1v) is 6.52. The number of rotatable bonds is 5. The fourth-order valence-electron chi connectivity index (χ4n) is 1.84. The Labute approximate surface area is 117 Å². The fourth-order valence-corrected chi connectivity index (χ4v) is 1.84. The van der Waals surface area contributed by atoms with Gasteiger partial charge in [0.2, 0.25) is 0 Å². The van der Waals surface area contributed by atoms with Crippen molar-refractivity contribution in [3.05, 3.63) is 65.2 Å². The summed E-state index contributed by atoms with van der Waals surface area (Å²) in [5.74, 6) is -1.05. The molecule has 2 aromatic carbocycles. The van der Waals surface area contributed by atoms with Crippen molar-refractivity contribution < 1.29 is 13.5 Å². The van der Waals surface area contributed by atoms with E-state index in [1.54, 1.807) is 0 Å². The van der Waals surface area contributed by atoms with Crippen LogP contribution < -0.4 is 10.5 Å². The third-order valence-corrected chi connectivity index (χ3v) is 3.14. The molecule has 0 aliphatic carbocycles. The van der Waals surface area contributed by atoms with Gasteiger partial charge < -0.3 is 10.5 Å². The molecule has 0 fully saturated rings. The second-order valence-electron chi connectivity index (χ2n) is 4.62. The standard InChI is InChI=1S/C16H17F2NO/c1-2-16(19)12-4-6-13(7-5-12)20-10-11-3-8-14(17)15(18)9-11/h3-9,16H,2,10,19H2,1H3/t16-/m1/s1. The van der Waals surface area contributed by atoms with Crippen molar-refractivity contribution in [2.45, 2.75) is 26.0 Å². The van der Waals surface area contributed by atoms with Gasteiger partial charge in [-0.2, -0.15) is 0 Å². The van der Waals surface area contributed by atoms with Crippen molar-refractivity contribution in [2.75, 3.05) is 0 Å². The minimum atomic E-state index is -0.865. The Bertz CT molecular complexity index is 569. The Morgan fingerprint density at radius 1 is 1.05 bits per heavy atom. The van der Waals surface area contributed by atoms with E-state index in [0.717, 1.165) is 24.1 Å². The highest BCUT2D eigenvalue weighted by molar-refractivity contribution is 5.29. The number of nitrogens with two attached hydrogens (primary N) is 1. The highest BCUT2D eigenvalue weighted by Gasteiger charge is 2.05. The van der Waals surface area contributed by atoms with Crippen LogP contribution in [0.3, 0.4) is 0 Å². The maximum atomic E-state index is 13.0. The Balaban J connectivity index is 1.98. The highest BCUT2D eigenvalue weighted by Crippen LogP contribution is 2.19. The van der Waals surface area contributed by atoms with E-state index < -0.39 is 11.6 Å². The first-order valence-electron chi connectivity index (χ1n) is 6.52. The summed E-state index contributed by atoms with van der Waals surface area (Å²) in [5, 5.41) is 0. The van der Waals surface area contributed by atoms with Crippen LogP contribution in [0.5, 0.6) is 5.75 Å². The molecule has 0 radical (unpaired) electrons. The third-order valence-electron chi connectivity index (χ3n) is 3.14. The topological polar surface area (TPSA) is 35.2 Å². The van der Waals surface area contributed by atoms with E-state index in [1.807, 2.05) is 31.2 Å². The van der Waals surface area contributed by atoms with Crippen molar-refractivity contribution in [1.82, 2.24) is 0 Å². The minimum Gasteiger partial charge on any atom is -0.489 e.